The van der Waals surface area contributed by atoms with Gasteiger partial charge in [-0.1, -0.05) is 24.3 Å². The summed E-state index contributed by atoms with van der Waals surface area (Å²) in [5.41, 5.74) is 4.65. The van der Waals surface area contributed by atoms with Gasteiger partial charge in [-0.25, -0.2) is 9.56 Å². The summed E-state index contributed by atoms with van der Waals surface area (Å²) >= 11 is 1.54. The van der Waals surface area contributed by atoms with E-state index < -0.39 is 0 Å². The predicted octanol–water partition coefficient (Wildman–Crippen LogP) is 5.49. The van der Waals surface area contributed by atoms with E-state index in [2.05, 4.69) is 11.1 Å². The Balaban J connectivity index is 1.73. The number of hydrogen-bond acceptors (Lipinski definition) is 5. The first-order valence-corrected chi connectivity index (χ1v) is 11.3. The van der Waals surface area contributed by atoms with Crippen molar-refractivity contribution in [3.05, 3.63) is 85.5 Å². The van der Waals surface area contributed by atoms with Crippen molar-refractivity contribution < 1.29 is 5.11 Å². The molecule has 0 saturated heterocycles. The van der Waals surface area contributed by atoms with Crippen LogP contribution >= 0.6 is 11.3 Å². The average molecular weight is 440 g/mol. The van der Waals surface area contributed by atoms with Gasteiger partial charge in [-0.3, -0.25) is 4.79 Å². The number of aromatic hydroxyl groups is 1. The predicted molar refractivity (Wildman–Crippen MR) is 129 cm³/mol. The zero-order chi connectivity index (χ0) is 22.4. The number of thiophene rings is 1. The van der Waals surface area contributed by atoms with E-state index in [9.17, 15) is 15.2 Å². The Kier molecular flexibility index (Phi) is 4.91. The highest BCUT2D eigenvalue weighted by atomic mass is 32.1. The SMILES string of the molecule is Cc1ccc(-n2c(O)c(/C=N/c3sc4c(c3C#N)CCC4)c3ccccc3c2=O)cc1C. The zero-order valence-corrected chi connectivity index (χ0v) is 18.7. The molecule has 4 aromatic rings. The van der Waals surface area contributed by atoms with Gasteiger partial charge in [-0.15, -0.1) is 11.3 Å². The molecule has 1 aliphatic rings. The molecular formula is C26H21N3O2S. The average Bonchev–Trinajstić information content (AvgIpc) is 3.37. The first-order valence-electron chi connectivity index (χ1n) is 10.5. The lowest BCUT2D eigenvalue weighted by molar-refractivity contribution is 0.436. The van der Waals surface area contributed by atoms with Crippen molar-refractivity contribution in [2.24, 2.45) is 4.99 Å². The maximum absolute atomic E-state index is 13.3. The Morgan fingerprint density at radius 3 is 2.66 bits per heavy atom. The van der Waals surface area contributed by atoms with Crippen LogP contribution < -0.4 is 5.56 Å². The number of nitrogens with zero attached hydrogens (tertiary/aromatic N) is 3. The fourth-order valence-electron chi connectivity index (χ4n) is 4.31. The van der Waals surface area contributed by atoms with Crippen LogP contribution in [-0.4, -0.2) is 15.9 Å². The van der Waals surface area contributed by atoms with Crippen molar-refractivity contribution in [3.8, 4) is 17.6 Å². The molecular weight excluding hydrogens is 418 g/mol. The third kappa shape index (κ3) is 3.14. The quantitative estimate of drug-likeness (QED) is 0.429. The van der Waals surface area contributed by atoms with Crippen LogP contribution in [0.1, 0.15) is 39.1 Å². The molecule has 32 heavy (non-hydrogen) atoms. The largest absolute Gasteiger partial charge is 0.494 e. The van der Waals surface area contributed by atoms with E-state index >= 15 is 0 Å². The van der Waals surface area contributed by atoms with Gasteiger partial charge in [0.15, 0.2) is 0 Å². The lowest BCUT2D eigenvalue weighted by Gasteiger charge is -2.14. The molecule has 0 saturated carbocycles. The van der Waals surface area contributed by atoms with Gasteiger partial charge < -0.3 is 5.11 Å². The van der Waals surface area contributed by atoms with Crippen LogP contribution in [0.3, 0.4) is 0 Å². The number of hydrogen-bond donors (Lipinski definition) is 1. The third-order valence-corrected chi connectivity index (χ3v) is 7.38. The van der Waals surface area contributed by atoms with Gasteiger partial charge in [0.2, 0.25) is 5.88 Å². The Hall–Kier alpha value is -3.69. The highest BCUT2D eigenvalue weighted by molar-refractivity contribution is 7.16. The van der Waals surface area contributed by atoms with Gasteiger partial charge in [-0.2, -0.15) is 5.26 Å². The van der Waals surface area contributed by atoms with Gasteiger partial charge >= 0.3 is 0 Å². The minimum Gasteiger partial charge on any atom is -0.494 e. The summed E-state index contributed by atoms with van der Waals surface area (Å²) in [5.74, 6) is -0.164. The van der Waals surface area contributed by atoms with Gasteiger partial charge in [0, 0.05) is 21.9 Å². The molecule has 0 unspecified atom stereocenters. The molecule has 2 aromatic carbocycles. The van der Waals surface area contributed by atoms with E-state index in [4.69, 9.17) is 0 Å². The maximum Gasteiger partial charge on any atom is 0.265 e. The van der Waals surface area contributed by atoms with E-state index in [1.165, 1.54) is 9.44 Å². The van der Waals surface area contributed by atoms with Crippen LogP contribution in [0.2, 0.25) is 0 Å². The van der Waals surface area contributed by atoms with Gasteiger partial charge in [0.05, 0.1) is 16.8 Å². The molecule has 5 rings (SSSR count). The number of aliphatic imine (C=N–C) groups is 1. The molecule has 0 fully saturated rings. The van der Waals surface area contributed by atoms with E-state index in [-0.39, 0.29) is 11.4 Å². The molecule has 0 amide bonds. The molecule has 0 atom stereocenters. The van der Waals surface area contributed by atoms with E-state index in [0.29, 0.717) is 32.6 Å². The lowest BCUT2D eigenvalue weighted by Crippen LogP contribution is -2.20. The maximum atomic E-state index is 13.3. The summed E-state index contributed by atoms with van der Waals surface area (Å²) in [7, 11) is 0. The van der Waals surface area contributed by atoms with Crippen LogP contribution in [0.25, 0.3) is 16.5 Å². The Morgan fingerprint density at radius 2 is 1.91 bits per heavy atom. The highest BCUT2D eigenvalue weighted by Crippen LogP contribution is 2.40. The standard InChI is InChI=1S/C26H21N3O2S/c1-15-10-11-17(12-16(15)2)29-25(30)20-7-4-3-6-18(20)22(26(29)31)14-28-24-21(13-27)19-8-5-9-23(19)32-24/h3-4,6-7,10-12,14,31H,5,8-9H2,1-2H3/b28-14+. The van der Waals surface area contributed by atoms with Crippen molar-refractivity contribution in [2.75, 3.05) is 0 Å². The van der Waals surface area contributed by atoms with Gasteiger partial charge in [-0.05, 0) is 68.0 Å². The van der Waals surface area contributed by atoms with Crippen LogP contribution in [-0.2, 0) is 12.8 Å². The van der Waals surface area contributed by atoms with Crippen molar-refractivity contribution in [3.63, 3.8) is 0 Å². The number of fused-ring (bicyclic) bond motifs is 2. The summed E-state index contributed by atoms with van der Waals surface area (Å²) in [6.45, 7) is 3.98. The monoisotopic (exact) mass is 439 g/mol. The van der Waals surface area contributed by atoms with E-state index in [0.717, 1.165) is 36.0 Å². The van der Waals surface area contributed by atoms with Crippen LogP contribution in [0.5, 0.6) is 5.88 Å². The Bertz CT molecular complexity index is 1520. The number of benzene rings is 2. The van der Waals surface area contributed by atoms with Crippen LogP contribution in [0.4, 0.5) is 5.00 Å². The Morgan fingerprint density at radius 1 is 1.12 bits per heavy atom. The first-order chi connectivity index (χ1) is 15.5. The van der Waals surface area contributed by atoms with Crippen molar-refractivity contribution in [2.45, 2.75) is 33.1 Å². The Labute approximate surface area is 189 Å². The van der Waals surface area contributed by atoms with Crippen LogP contribution in [0.15, 0.2) is 52.3 Å². The number of aryl methyl sites for hydroxylation is 3. The molecule has 1 N–H and O–H groups in total. The number of nitriles is 1. The third-order valence-electron chi connectivity index (χ3n) is 6.18. The summed E-state index contributed by atoms with van der Waals surface area (Å²) in [6.07, 6.45) is 4.55. The smallest absolute Gasteiger partial charge is 0.265 e. The second-order valence-corrected chi connectivity index (χ2v) is 9.18. The summed E-state index contributed by atoms with van der Waals surface area (Å²) in [6, 6.07) is 15.2. The summed E-state index contributed by atoms with van der Waals surface area (Å²) in [4.78, 5) is 19.1. The molecule has 1 aliphatic carbocycles. The number of pyridine rings is 1. The second kappa shape index (κ2) is 7.77. The molecule has 0 radical (unpaired) electrons. The van der Waals surface area contributed by atoms with Gasteiger partial charge in [0.25, 0.3) is 5.56 Å². The summed E-state index contributed by atoms with van der Waals surface area (Å²) in [5, 5.41) is 22.7. The normalized spacial score (nSPS) is 13.0. The fourth-order valence-corrected chi connectivity index (χ4v) is 5.50. The molecule has 0 bridgehead atoms. The van der Waals surface area contributed by atoms with Crippen LogP contribution in [0, 0.1) is 25.2 Å². The minimum atomic E-state index is -0.286. The zero-order valence-electron chi connectivity index (χ0n) is 17.8. The molecule has 2 heterocycles. The van der Waals surface area contributed by atoms with Crippen molar-refractivity contribution >= 4 is 33.3 Å². The molecule has 0 aliphatic heterocycles. The van der Waals surface area contributed by atoms with E-state index in [1.807, 2.05) is 50.2 Å². The first kappa shape index (κ1) is 20.2. The summed E-state index contributed by atoms with van der Waals surface area (Å²) < 4.78 is 1.33. The second-order valence-electron chi connectivity index (χ2n) is 8.10. The fraction of sp³-hybridized carbons (Fsp3) is 0.192. The van der Waals surface area contributed by atoms with Crippen molar-refractivity contribution in [1.29, 1.82) is 5.26 Å². The van der Waals surface area contributed by atoms with Crippen molar-refractivity contribution in [1.82, 2.24) is 4.57 Å². The van der Waals surface area contributed by atoms with Gasteiger partial charge in [0.1, 0.15) is 11.1 Å². The molecule has 2 aromatic heterocycles. The molecule has 0 spiro atoms. The molecule has 158 valence electrons. The number of aromatic nitrogens is 1. The highest BCUT2D eigenvalue weighted by Gasteiger charge is 2.22. The molecule has 5 nitrogen and oxygen atoms in total. The topological polar surface area (TPSA) is 78.4 Å². The lowest BCUT2D eigenvalue weighted by atomic mass is 10.1. The molecule has 6 heteroatoms. The minimum absolute atomic E-state index is 0.164. The number of rotatable bonds is 3. The van der Waals surface area contributed by atoms with E-state index in [1.54, 1.807) is 23.6 Å².